The van der Waals surface area contributed by atoms with Crippen molar-refractivity contribution in [2.24, 2.45) is 5.92 Å². The van der Waals surface area contributed by atoms with Gasteiger partial charge in [0.05, 0.1) is 11.3 Å². The Kier molecular flexibility index (Phi) is 6.49. The number of carbonyl (C=O) groups excluding carboxylic acids is 2. The number of para-hydroxylation sites is 2. The molecule has 9 heteroatoms. The van der Waals surface area contributed by atoms with Crippen molar-refractivity contribution in [3.8, 4) is 11.5 Å². The number of piperidine rings is 1. The maximum atomic E-state index is 12.7. The van der Waals surface area contributed by atoms with Crippen LogP contribution in [0.2, 0.25) is 0 Å². The maximum absolute atomic E-state index is 12.7. The number of benzene rings is 2. The minimum atomic E-state index is -4.48. The zero-order valence-electron chi connectivity index (χ0n) is 16.0. The Morgan fingerprint density at radius 3 is 2.47 bits per heavy atom. The number of ether oxygens (including phenoxy) is 1. The van der Waals surface area contributed by atoms with Gasteiger partial charge in [0.2, 0.25) is 5.91 Å². The predicted molar refractivity (Wildman–Crippen MR) is 103 cm³/mol. The fourth-order valence-electron chi connectivity index (χ4n) is 3.20. The van der Waals surface area contributed by atoms with E-state index in [1.807, 2.05) is 0 Å². The summed E-state index contributed by atoms with van der Waals surface area (Å²) >= 11 is 0. The Hall–Kier alpha value is -3.23. The summed E-state index contributed by atoms with van der Waals surface area (Å²) in [6.07, 6.45) is -3.61. The normalized spacial score (nSPS) is 15.0. The molecule has 6 nitrogen and oxygen atoms in total. The van der Waals surface area contributed by atoms with Crippen molar-refractivity contribution < 1.29 is 32.6 Å². The maximum Gasteiger partial charge on any atom is 0.416 e. The Bertz CT molecular complexity index is 909. The number of phenols is 1. The van der Waals surface area contributed by atoms with Gasteiger partial charge in [-0.25, -0.2) is 0 Å². The monoisotopic (exact) mass is 422 g/mol. The van der Waals surface area contributed by atoms with E-state index in [0.717, 1.165) is 12.1 Å². The summed E-state index contributed by atoms with van der Waals surface area (Å²) in [6.45, 7) is 0.295. The summed E-state index contributed by atoms with van der Waals surface area (Å²) in [5.41, 5.74) is -0.515. The molecule has 0 aliphatic carbocycles. The summed E-state index contributed by atoms with van der Waals surface area (Å²) in [4.78, 5) is 26.2. The predicted octanol–water partition coefficient (Wildman–Crippen LogP) is 3.67. The number of anilines is 1. The standard InChI is InChI=1S/C21H21F3N2O4/c22-21(23,24)15-4-3-5-16(12-15)30-13-19(28)26-10-8-14(9-11-26)20(29)25-17-6-1-2-7-18(17)27/h1-7,12,14,27H,8-11,13H2,(H,25,29). The van der Waals surface area contributed by atoms with E-state index in [9.17, 15) is 27.9 Å². The largest absolute Gasteiger partial charge is 0.506 e. The number of rotatable bonds is 5. The molecule has 2 aromatic carbocycles. The highest BCUT2D eigenvalue weighted by Gasteiger charge is 2.31. The molecule has 0 unspecified atom stereocenters. The number of hydrogen-bond acceptors (Lipinski definition) is 4. The van der Waals surface area contributed by atoms with Crippen LogP contribution in [-0.2, 0) is 15.8 Å². The molecule has 2 amide bonds. The molecule has 1 aliphatic heterocycles. The summed E-state index contributed by atoms with van der Waals surface area (Å²) in [5.74, 6) is -0.950. The van der Waals surface area contributed by atoms with Crippen LogP contribution in [-0.4, -0.2) is 41.5 Å². The van der Waals surface area contributed by atoms with Crippen LogP contribution >= 0.6 is 0 Å². The van der Waals surface area contributed by atoms with Gasteiger partial charge in [0.25, 0.3) is 5.91 Å². The van der Waals surface area contributed by atoms with Crippen molar-refractivity contribution in [1.82, 2.24) is 4.90 Å². The smallest absolute Gasteiger partial charge is 0.416 e. The molecule has 0 aromatic heterocycles. The molecule has 1 fully saturated rings. The van der Waals surface area contributed by atoms with Gasteiger partial charge in [-0.2, -0.15) is 13.2 Å². The minimum absolute atomic E-state index is 0.0230. The number of carbonyl (C=O) groups is 2. The summed E-state index contributed by atoms with van der Waals surface area (Å²) in [6, 6.07) is 10.8. The summed E-state index contributed by atoms with van der Waals surface area (Å²) in [5, 5.41) is 12.4. The highest BCUT2D eigenvalue weighted by atomic mass is 19.4. The Balaban J connectivity index is 1.47. The number of aromatic hydroxyl groups is 1. The first kappa shape index (κ1) is 21.5. The van der Waals surface area contributed by atoms with Crippen molar-refractivity contribution in [2.45, 2.75) is 19.0 Å². The molecule has 160 valence electrons. The SMILES string of the molecule is O=C(Nc1ccccc1O)C1CCN(C(=O)COc2cccc(C(F)(F)F)c2)CC1. The number of nitrogens with zero attached hydrogens (tertiary/aromatic N) is 1. The number of alkyl halides is 3. The van der Waals surface area contributed by atoms with E-state index in [-0.39, 0.29) is 35.8 Å². The lowest BCUT2D eigenvalue weighted by molar-refractivity contribution is -0.137. The summed E-state index contributed by atoms with van der Waals surface area (Å²) in [7, 11) is 0. The van der Waals surface area contributed by atoms with Gasteiger partial charge in [0.15, 0.2) is 6.61 Å². The minimum Gasteiger partial charge on any atom is -0.506 e. The van der Waals surface area contributed by atoms with Gasteiger partial charge in [-0.15, -0.1) is 0 Å². The van der Waals surface area contributed by atoms with Gasteiger partial charge in [-0.1, -0.05) is 18.2 Å². The number of hydrogen-bond donors (Lipinski definition) is 2. The van der Waals surface area contributed by atoms with Crippen LogP contribution in [0.25, 0.3) is 0 Å². The molecule has 1 aliphatic rings. The van der Waals surface area contributed by atoms with Crippen molar-refractivity contribution in [1.29, 1.82) is 0 Å². The van der Waals surface area contributed by atoms with Gasteiger partial charge in [0, 0.05) is 19.0 Å². The molecule has 2 aromatic rings. The third-order valence-electron chi connectivity index (χ3n) is 4.90. The molecule has 1 saturated heterocycles. The molecule has 0 spiro atoms. The zero-order chi connectivity index (χ0) is 21.7. The lowest BCUT2D eigenvalue weighted by Crippen LogP contribution is -2.43. The molecular formula is C21H21F3N2O4. The van der Waals surface area contributed by atoms with Crippen molar-refractivity contribution >= 4 is 17.5 Å². The third kappa shape index (κ3) is 5.43. The number of likely N-dealkylation sites (tertiary alicyclic amines) is 1. The van der Waals surface area contributed by atoms with E-state index in [4.69, 9.17) is 4.74 Å². The second-order valence-corrected chi connectivity index (χ2v) is 6.98. The number of amides is 2. The van der Waals surface area contributed by atoms with Gasteiger partial charge < -0.3 is 20.1 Å². The van der Waals surface area contributed by atoms with E-state index in [1.54, 1.807) is 18.2 Å². The van der Waals surface area contributed by atoms with Crippen LogP contribution in [0.1, 0.15) is 18.4 Å². The van der Waals surface area contributed by atoms with Crippen LogP contribution in [0.4, 0.5) is 18.9 Å². The molecule has 30 heavy (non-hydrogen) atoms. The first-order valence-electron chi connectivity index (χ1n) is 9.41. The molecule has 1 heterocycles. The van der Waals surface area contributed by atoms with E-state index in [0.29, 0.717) is 31.6 Å². The average molecular weight is 422 g/mol. The first-order chi connectivity index (χ1) is 14.2. The molecule has 2 N–H and O–H groups in total. The van der Waals surface area contributed by atoms with Crippen molar-refractivity contribution in [3.05, 3.63) is 54.1 Å². The van der Waals surface area contributed by atoms with Gasteiger partial charge in [0.1, 0.15) is 11.5 Å². The Morgan fingerprint density at radius 1 is 1.10 bits per heavy atom. The van der Waals surface area contributed by atoms with Crippen LogP contribution in [0.5, 0.6) is 11.5 Å². The average Bonchev–Trinajstić information content (AvgIpc) is 2.73. The topological polar surface area (TPSA) is 78.9 Å². The van der Waals surface area contributed by atoms with Crippen molar-refractivity contribution in [3.63, 3.8) is 0 Å². The molecule has 3 rings (SSSR count). The Labute approximate surface area is 171 Å². The molecule has 0 atom stereocenters. The van der Waals surface area contributed by atoms with E-state index in [1.165, 1.54) is 23.1 Å². The molecule has 0 saturated carbocycles. The quantitative estimate of drug-likeness (QED) is 0.721. The van der Waals surface area contributed by atoms with Gasteiger partial charge in [-0.3, -0.25) is 9.59 Å². The second kappa shape index (κ2) is 9.06. The fraction of sp³-hybridized carbons (Fsp3) is 0.333. The fourth-order valence-corrected chi connectivity index (χ4v) is 3.20. The van der Waals surface area contributed by atoms with Crippen LogP contribution in [0, 0.1) is 5.92 Å². The third-order valence-corrected chi connectivity index (χ3v) is 4.90. The van der Waals surface area contributed by atoms with Crippen LogP contribution in [0.3, 0.4) is 0 Å². The van der Waals surface area contributed by atoms with E-state index >= 15 is 0 Å². The second-order valence-electron chi connectivity index (χ2n) is 6.98. The van der Waals surface area contributed by atoms with E-state index in [2.05, 4.69) is 5.32 Å². The lowest BCUT2D eigenvalue weighted by atomic mass is 9.95. The Morgan fingerprint density at radius 2 is 1.80 bits per heavy atom. The molecular weight excluding hydrogens is 401 g/mol. The summed E-state index contributed by atoms with van der Waals surface area (Å²) < 4.78 is 43.5. The number of phenolic OH excluding ortho intramolecular Hbond substituents is 1. The highest BCUT2D eigenvalue weighted by Crippen LogP contribution is 2.31. The van der Waals surface area contributed by atoms with Gasteiger partial charge in [-0.05, 0) is 43.2 Å². The molecule has 0 radical (unpaired) electrons. The first-order valence-corrected chi connectivity index (χ1v) is 9.41. The lowest BCUT2D eigenvalue weighted by Gasteiger charge is -2.31. The zero-order valence-corrected chi connectivity index (χ0v) is 16.0. The number of halogens is 3. The highest BCUT2D eigenvalue weighted by molar-refractivity contribution is 5.94. The number of nitrogens with one attached hydrogen (secondary N) is 1. The van der Waals surface area contributed by atoms with Crippen LogP contribution < -0.4 is 10.1 Å². The van der Waals surface area contributed by atoms with Gasteiger partial charge >= 0.3 is 6.18 Å². The van der Waals surface area contributed by atoms with E-state index < -0.39 is 11.7 Å². The van der Waals surface area contributed by atoms with Crippen molar-refractivity contribution in [2.75, 3.05) is 25.0 Å². The molecule has 0 bridgehead atoms. The van der Waals surface area contributed by atoms with Crippen LogP contribution in [0.15, 0.2) is 48.5 Å².